The van der Waals surface area contributed by atoms with Gasteiger partial charge in [0.05, 0.1) is 12.7 Å². The van der Waals surface area contributed by atoms with Crippen LogP contribution in [0.15, 0.2) is 42.5 Å². The Labute approximate surface area is 270 Å². The normalized spacial score (nSPS) is 28.6. The van der Waals surface area contributed by atoms with E-state index in [4.69, 9.17) is 4.74 Å². The van der Waals surface area contributed by atoms with Crippen molar-refractivity contribution in [2.24, 2.45) is 23.2 Å². The summed E-state index contributed by atoms with van der Waals surface area (Å²) in [7, 11) is 0. The van der Waals surface area contributed by atoms with Gasteiger partial charge in [-0.15, -0.1) is 0 Å². The molecule has 5 rings (SSSR count). The van der Waals surface area contributed by atoms with Gasteiger partial charge in [0.1, 0.15) is 17.7 Å². The standard InChI is InChI=1S/C39H56FNO4/c1-4-6-7-11-22-41(38(44)27-14-17-31(18-15-27)45-5-2)23-12-9-8-10-13-28-24-29-25-30(42)16-19-32(29)37-34(40)26-39(3)33(36(28)37)20-21-35(39)43/h14-19,25,28,33-37,42-43H,4-13,20-24,26H2,1-3H3/t28-,33+,34+,35+,36+,37+,39+/m1/s1. The molecule has 0 heterocycles. The van der Waals surface area contributed by atoms with Crippen molar-refractivity contribution in [3.63, 3.8) is 0 Å². The number of nitrogens with zero attached hydrogens (tertiary/aromatic N) is 1. The molecule has 45 heavy (non-hydrogen) atoms. The van der Waals surface area contributed by atoms with Gasteiger partial charge in [-0.2, -0.15) is 0 Å². The summed E-state index contributed by atoms with van der Waals surface area (Å²) < 4.78 is 21.6. The van der Waals surface area contributed by atoms with Crippen LogP contribution in [0.2, 0.25) is 0 Å². The number of hydrogen-bond donors (Lipinski definition) is 2. The Kier molecular flexibility index (Phi) is 11.5. The molecule has 1 amide bonds. The molecule has 3 aliphatic carbocycles. The maximum absolute atomic E-state index is 16.1. The number of halogens is 1. The Bertz CT molecular complexity index is 1250. The third kappa shape index (κ3) is 7.53. The van der Waals surface area contributed by atoms with Crippen LogP contribution in [-0.2, 0) is 6.42 Å². The quantitative estimate of drug-likeness (QED) is 0.195. The second-order valence-corrected chi connectivity index (χ2v) is 14.4. The number of amides is 1. The van der Waals surface area contributed by atoms with Gasteiger partial charge in [-0.05, 0) is 123 Å². The fourth-order valence-electron chi connectivity index (χ4n) is 9.18. The van der Waals surface area contributed by atoms with E-state index < -0.39 is 12.3 Å². The predicted octanol–water partition coefficient (Wildman–Crippen LogP) is 8.86. The Morgan fingerprint density at radius 3 is 2.40 bits per heavy atom. The molecule has 0 unspecified atom stereocenters. The van der Waals surface area contributed by atoms with Crippen LogP contribution >= 0.6 is 0 Å². The molecule has 0 bridgehead atoms. The molecule has 6 heteroatoms. The smallest absolute Gasteiger partial charge is 0.253 e. The molecule has 2 fully saturated rings. The van der Waals surface area contributed by atoms with Gasteiger partial charge in [0.2, 0.25) is 0 Å². The minimum absolute atomic E-state index is 0.101. The highest BCUT2D eigenvalue weighted by Gasteiger charge is 2.59. The minimum atomic E-state index is -0.966. The van der Waals surface area contributed by atoms with E-state index in [1.54, 1.807) is 6.07 Å². The molecule has 0 aliphatic heterocycles. The number of unbranched alkanes of at least 4 members (excludes halogenated alkanes) is 6. The molecule has 0 radical (unpaired) electrons. The average Bonchev–Trinajstić information content (AvgIpc) is 3.32. The number of carbonyl (C=O) groups excluding carboxylic acids is 1. The van der Waals surface area contributed by atoms with E-state index in [9.17, 15) is 15.0 Å². The van der Waals surface area contributed by atoms with E-state index in [0.717, 1.165) is 99.7 Å². The first kappa shape index (κ1) is 33.8. The number of hydrogen-bond acceptors (Lipinski definition) is 4. The number of alkyl halides is 1. The van der Waals surface area contributed by atoms with E-state index in [1.165, 1.54) is 12.8 Å². The summed E-state index contributed by atoms with van der Waals surface area (Å²) in [5.41, 5.74) is 2.57. The number of aliphatic hydroxyl groups is 1. The van der Waals surface area contributed by atoms with Crippen molar-refractivity contribution < 1.29 is 24.1 Å². The number of phenolic OH excluding ortho intramolecular Hbond substituents is 1. The zero-order chi connectivity index (χ0) is 32.0. The van der Waals surface area contributed by atoms with Gasteiger partial charge in [0, 0.05) is 24.6 Å². The summed E-state index contributed by atoms with van der Waals surface area (Å²) in [6, 6.07) is 13.1. The topological polar surface area (TPSA) is 70.0 Å². The van der Waals surface area contributed by atoms with E-state index >= 15 is 4.39 Å². The number of fused-ring (bicyclic) bond motifs is 5. The van der Waals surface area contributed by atoms with Crippen molar-refractivity contribution in [1.29, 1.82) is 0 Å². The predicted molar refractivity (Wildman–Crippen MR) is 179 cm³/mol. The second kappa shape index (κ2) is 15.3. The van der Waals surface area contributed by atoms with Crippen molar-refractivity contribution in [3.8, 4) is 11.5 Å². The number of rotatable bonds is 15. The van der Waals surface area contributed by atoms with Crippen LogP contribution in [0, 0.1) is 23.2 Å². The first-order valence-electron chi connectivity index (χ1n) is 17.9. The highest BCUT2D eigenvalue weighted by Crippen LogP contribution is 2.63. The van der Waals surface area contributed by atoms with E-state index in [0.29, 0.717) is 24.9 Å². The van der Waals surface area contributed by atoms with Crippen LogP contribution in [0.1, 0.15) is 125 Å². The monoisotopic (exact) mass is 621 g/mol. The lowest BCUT2D eigenvalue weighted by molar-refractivity contribution is -0.0722. The van der Waals surface area contributed by atoms with Gasteiger partial charge >= 0.3 is 0 Å². The number of ether oxygens (including phenoxy) is 1. The molecule has 2 aromatic rings. The zero-order valence-electron chi connectivity index (χ0n) is 27.9. The molecule has 3 aliphatic rings. The number of aliphatic hydroxyl groups excluding tert-OH is 1. The molecule has 2 N–H and O–H groups in total. The van der Waals surface area contributed by atoms with Gasteiger partial charge in [-0.25, -0.2) is 4.39 Å². The number of benzene rings is 2. The lowest BCUT2D eigenvalue weighted by Crippen LogP contribution is -2.51. The first-order chi connectivity index (χ1) is 21.8. The SMILES string of the molecule is CCCCCCN(CCCCCC[C@@H]1Cc2cc(O)ccc2[C@@H]2[C@@H]1[C@@H]1CC[C@H](O)[C@@]1(C)C[C@@H]2F)C(=O)c1ccc(OCC)cc1. The van der Waals surface area contributed by atoms with Gasteiger partial charge < -0.3 is 19.8 Å². The average molecular weight is 622 g/mol. The van der Waals surface area contributed by atoms with Crippen LogP contribution in [0.4, 0.5) is 4.39 Å². The minimum Gasteiger partial charge on any atom is -0.508 e. The lowest BCUT2D eigenvalue weighted by atomic mass is 9.51. The summed E-state index contributed by atoms with van der Waals surface area (Å²) in [6.07, 6.45) is 11.5. The molecular formula is C39H56FNO4. The third-order valence-corrected chi connectivity index (χ3v) is 11.5. The molecule has 0 spiro atoms. The van der Waals surface area contributed by atoms with E-state index in [1.807, 2.05) is 48.2 Å². The summed E-state index contributed by atoms with van der Waals surface area (Å²) in [6.45, 7) is 8.46. The van der Waals surface area contributed by atoms with Crippen molar-refractivity contribution in [3.05, 3.63) is 59.2 Å². The highest BCUT2D eigenvalue weighted by atomic mass is 19.1. The molecule has 2 saturated carbocycles. The number of phenols is 1. The Morgan fingerprint density at radius 1 is 0.978 bits per heavy atom. The van der Waals surface area contributed by atoms with E-state index in [-0.39, 0.29) is 28.9 Å². The molecule has 2 aromatic carbocycles. The maximum atomic E-state index is 16.1. The summed E-state index contributed by atoms with van der Waals surface area (Å²) in [5, 5.41) is 21.2. The third-order valence-electron chi connectivity index (χ3n) is 11.5. The molecular weight excluding hydrogens is 565 g/mol. The Morgan fingerprint density at radius 2 is 1.69 bits per heavy atom. The highest BCUT2D eigenvalue weighted by molar-refractivity contribution is 5.94. The summed E-state index contributed by atoms with van der Waals surface area (Å²) >= 11 is 0. The van der Waals surface area contributed by atoms with Crippen molar-refractivity contribution >= 4 is 5.91 Å². The van der Waals surface area contributed by atoms with Crippen molar-refractivity contribution in [2.45, 2.75) is 122 Å². The summed E-state index contributed by atoms with van der Waals surface area (Å²) in [4.78, 5) is 15.5. The number of aromatic hydroxyl groups is 1. The van der Waals surface area contributed by atoms with Crippen LogP contribution in [0.3, 0.4) is 0 Å². The Hall–Kier alpha value is -2.60. The zero-order valence-corrected chi connectivity index (χ0v) is 27.9. The fraction of sp³-hybridized carbons (Fsp3) is 0.667. The lowest BCUT2D eigenvalue weighted by Gasteiger charge is -2.54. The first-order valence-corrected chi connectivity index (χ1v) is 17.9. The summed E-state index contributed by atoms with van der Waals surface area (Å²) in [5.74, 6) is 1.94. The van der Waals surface area contributed by atoms with Crippen LogP contribution < -0.4 is 4.74 Å². The van der Waals surface area contributed by atoms with Gasteiger partial charge in [-0.1, -0.05) is 58.4 Å². The number of carbonyl (C=O) groups is 1. The Balaban J connectivity index is 1.18. The maximum Gasteiger partial charge on any atom is 0.253 e. The van der Waals surface area contributed by atoms with Crippen LogP contribution in [-0.4, -0.2) is 53.0 Å². The molecule has 248 valence electrons. The van der Waals surface area contributed by atoms with Gasteiger partial charge in [0.25, 0.3) is 5.91 Å². The van der Waals surface area contributed by atoms with Crippen molar-refractivity contribution in [2.75, 3.05) is 19.7 Å². The fourth-order valence-corrected chi connectivity index (χ4v) is 9.18. The van der Waals surface area contributed by atoms with E-state index in [2.05, 4.69) is 13.8 Å². The van der Waals surface area contributed by atoms with Gasteiger partial charge in [0.15, 0.2) is 0 Å². The molecule has 5 nitrogen and oxygen atoms in total. The van der Waals surface area contributed by atoms with Gasteiger partial charge in [-0.3, -0.25) is 4.79 Å². The van der Waals surface area contributed by atoms with Crippen molar-refractivity contribution in [1.82, 2.24) is 4.90 Å². The molecule has 0 aromatic heterocycles. The molecule has 7 atom stereocenters. The van der Waals surface area contributed by atoms with Crippen LogP contribution in [0.25, 0.3) is 0 Å². The van der Waals surface area contributed by atoms with Crippen LogP contribution in [0.5, 0.6) is 11.5 Å². The molecule has 0 saturated heterocycles. The second-order valence-electron chi connectivity index (χ2n) is 14.4. The largest absolute Gasteiger partial charge is 0.508 e.